The number of benzene rings is 4. The molecule has 0 radical (unpaired) electrons. The summed E-state index contributed by atoms with van der Waals surface area (Å²) >= 11 is 16.0. The molecule has 0 bridgehead atoms. The number of imide groups is 2. The number of fused-ring (bicyclic) bond motifs is 1. The lowest BCUT2D eigenvalue weighted by Crippen LogP contribution is -2.54. The summed E-state index contributed by atoms with van der Waals surface area (Å²) < 4.78 is 6.88. The van der Waals surface area contributed by atoms with Gasteiger partial charge in [0.05, 0.1) is 10.7 Å². The van der Waals surface area contributed by atoms with Crippen molar-refractivity contribution in [2.24, 2.45) is 0 Å². The fourth-order valence-corrected chi connectivity index (χ4v) is 4.87. The van der Waals surface area contributed by atoms with Gasteiger partial charge in [0.25, 0.3) is 11.8 Å². The number of carbonyl (C=O) groups is 3. The van der Waals surface area contributed by atoms with Crippen molar-refractivity contribution in [2.45, 2.75) is 6.61 Å². The summed E-state index contributed by atoms with van der Waals surface area (Å²) in [7, 11) is 0. The largest absolute Gasteiger partial charge is 0.487 e. The van der Waals surface area contributed by atoms with Gasteiger partial charge >= 0.3 is 6.03 Å². The average molecular weight is 596 g/mol. The van der Waals surface area contributed by atoms with Gasteiger partial charge < -0.3 is 4.74 Å². The highest BCUT2D eigenvalue weighted by Gasteiger charge is 2.37. The summed E-state index contributed by atoms with van der Waals surface area (Å²) in [5.74, 6) is -1.37. The van der Waals surface area contributed by atoms with E-state index in [1.807, 2.05) is 42.5 Å². The summed E-state index contributed by atoms with van der Waals surface area (Å²) in [6.45, 7) is 0.183. The summed E-state index contributed by atoms with van der Waals surface area (Å²) in [6, 6.07) is 22.6. The summed E-state index contributed by atoms with van der Waals surface area (Å²) in [5.41, 5.74) is 1.29. The maximum atomic E-state index is 13.3. The third-order valence-electron chi connectivity index (χ3n) is 5.78. The molecule has 1 aliphatic rings. The van der Waals surface area contributed by atoms with Crippen molar-refractivity contribution in [3.8, 4) is 5.75 Å². The monoisotopic (exact) mass is 594 g/mol. The molecule has 5 rings (SSSR count). The lowest BCUT2D eigenvalue weighted by molar-refractivity contribution is -0.122. The number of carbonyl (C=O) groups excluding carboxylic acids is 3. The van der Waals surface area contributed by atoms with E-state index in [1.165, 1.54) is 12.1 Å². The van der Waals surface area contributed by atoms with E-state index in [1.54, 1.807) is 30.3 Å². The molecular weight excluding hydrogens is 579 g/mol. The fraction of sp³-hybridized carbons (Fsp3) is 0.0357. The normalized spacial score (nSPS) is 14.8. The van der Waals surface area contributed by atoms with Crippen LogP contribution in [0, 0.1) is 0 Å². The molecule has 6 nitrogen and oxygen atoms in total. The highest BCUT2D eigenvalue weighted by atomic mass is 79.9. The van der Waals surface area contributed by atoms with Gasteiger partial charge in [-0.15, -0.1) is 0 Å². The SMILES string of the molecule is O=C1NC(=O)N(c2ccc(Br)cc2)C(=O)/C1=C/c1cc(Cl)cc(Cl)c1OCc1cccc2ccccc12. The molecule has 0 unspecified atom stereocenters. The van der Waals surface area contributed by atoms with Gasteiger partial charge in [0.15, 0.2) is 0 Å². The second-order valence-corrected chi connectivity index (χ2v) is 9.93. The number of halogens is 3. The summed E-state index contributed by atoms with van der Waals surface area (Å²) in [6.07, 6.45) is 1.33. The van der Waals surface area contributed by atoms with Crippen LogP contribution < -0.4 is 15.0 Å². The van der Waals surface area contributed by atoms with E-state index < -0.39 is 17.8 Å². The van der Waals surface area contributed by atoms with Crippen LogP contribution in [0.25, 0.3) is 16.8 Å². The van der Waals surface area contributed by atoms with Crippen LogP contribution >= 0.6 is 39.1 Å². The first-order valence-corrected chi connectivity index (χ1v) is 12.6. The number of hydrogen-bond acceptors (Lipinski definition) is 4. The van der Waals surface area contributed by atoms with Crippen LogP contribution in [-0.2, 0) is 16.2 Å². The Hall–Kier alpha value is -3.65. The Kier molecular flexibility index (Phi) is 7.02. The Balaban J connectivity index is 1.52. The van der Waals surface area contributed by atoms with E-state index in [-0.39, 0.29) is 23.0 Å². The molecular formula is C28H17BrCl2N2O4. The van der Waals surface area contributed by atoms with Crippen molar-refractivity contribution in [2.75, 3.05) is 4.90 Å². The molecule has 37 heavy (non-hydrogen) atoms. The van der Waals surface area contributed by atoms with E-state index in [9.17, 15) is 14.4 Å². The minimum absolute atomic E-state index is 0.183. The highest BCUT2D eigenvalue weighted by molar-refractivity contribution is 9.10. The third-order valence-corrected chi connectivity index (χ3v) is 6.80. The molecule has 1 fully saturated rings. The molecule has 4 aromatic rings. The van der Waals surface area contributed by atoms with E-state index in [0.717, 1.165) is 25.7 Å². The first-order chi connectivity index (χ1) is 17.8. The molecule has 1 heterocycles. The van der Waals surface area contributed by atoms with Crippen molar-refractivity contribution in [3.05, 3.63) is 110 Å². The first-order valence-electron chi connectivity index (χ1n) is 11.1. The van der Waals surface area contributed by atoms with Crippen LogP contribution in [0.5, 0.6) is 5.75 Å². The van der Waals surface area contributed by atoms with E-state index in [4.69, 9.17) is 27.9 Å². The van der Waals surface area contributed by atoms with Crippen molar-refractivity contribution in [1.82, 2.24) is 5.32 Å². The van der Waals surface area contributed by atoms with Gasteiger partial charge in [-0.25, -0.2) is 9.69 Å². The van der Waals surface area contributed by atoms with Gasteiger partial charge in [-0.05, 0) is 58.8 Å². The minimum atomic E-state index is -0.842. The number of urea groups is 1. The molecule has 1 aliphatic heterocycles. The number of anilines is 1. The van der Waals surface area contributed by atoms with Gasteiger partial charge in [-0.2, -0.15) is 0 Å². The van der Waals surface area contributed by atoms with Crippen molar-refractivity contribution in [3.63, 3.8) is 0 Å². The predicted molar refractivity (Wildman–Crippen MR) is 148 cm³/mol. The zero-order valence-corrected chi connectivity index (χ0v) is 22.1. The lowest BCUT2D eigenvalue weighted by atomic mass is 10.0. The van der Waals surface area contributed by atoms with Crippen molar-refractivity contribution < 1.29 is 19.1 Å². The number of hydrogen-bond donors (Lipinski definition) is 1. The second-order valence-electron chi connectivity index (χ2n) is 8.17. The van der Waals surface area contributed by atoms with E-state index in [0.29, 0.717) is 16.3 Å². The van der Waals surface area contributed by atoms with Gasteiger partial charge in [0.2, 0.25) is 0 Å². The summed E-state index contributed by atoms with van der Waals surface area (Å²) in [5, 5.41) is 4.81. The van der Waals surface area contributed by atoms with E-state index >= 15 is 0 Å². The maximum Gasteiger partial charge on any atom is 0.335 e. The Labute approximate surface area is 230 Å². The number of nitrogens with one attached hydrogen (secondary N) is 1. The predicted octanol–water partition coefficient (Wildman–Crippen LogP) is 7.15. The molecule has 1 N–H and O–H groups in total. The summed E-state index contributed by atoms with van der Waals surface area (Å²) in [4.78, 5) is 39.4. The van der Waals surface area contributed by atoms with Crippen LogP contribution in [-0.4, -0.2) is 17.8 Å². The molecule has 184 valence electrons. The zero-order valence-electron chi connectivity index (χ0n) is 19.0. The average Bonchev–Trinajstić information content (AvgIpc) is 2.87. The number of nitrogens with zero attached hydrogens (tertiary/aromatic N) is 1. The topological polar surface area (TPSA) is 75.7 Å². The molecule has 0 aromatic heterocycles. The standard InChI is InChI=1S/C28H17BrCl2N2O4/c29-19-8-10-21(11-9-19)33-27(35)23(26(34)32-28(33)36)13-18-12-20(30)14-24(31)25(18)37-15-17-6-3-5-16-4-1-2-7-22(16)17/h1-14H,15H2,(H,32,34,36)/b23-13+. The van der Waals surface area contributed by atoms with Crippen LogP contribution in [0.4, 0.5) is 10.5 Å². The van der Waals surface area contributed by atoms with Gasteiger partial charge in [-0.3, -0.25) is 14.9 Å². The fourth-order valence-electron chi connectivity index (χ4n) is 4.05. The molecule has 0 saturated carbocycles. The molecule has 0 atom stereocenters. The molecule has 4 aromatic carbocycles. The van der Waals surface area contributed by atoms with Gasteiger partial charge in [-0.1, -0.05) is 81.6 Å². The Morgan fingerprint density at radius 1 is 0.919 bits per heavy atom. The van der Waals surface area contributed by atoms with Gasteiger partial charge in [0, 0.05) is 15.1 Å². The van der Waals surface area contributed by atoms with Crippen LogP contribution in [0.15, 0.2) is 88.9 Å². The quantitative estimate of drug-likeness (QED) is 0.196. The number of amides is 4. The van der Waals surface area contributed by atoms with E-state index in [2.05, 4.69) is 21.2 Å². The zero-order chi connectivity index (χ0) is 26.1. The lowest BCUT2D eigenvalue weighted by Gasteiger charge is -2.26. The number of ether oxygens (including phenoxy) is 1. The highest BCUT2D eigenvalue weighted by Crippen LogP contribution is 2.36. The molecule has 1 saturated heterocycles. The van der Waals surface area contributed by atoms with Crippen LogP contribution in [0.3, 0.4) is 0 Å². The minimum Gasteiger partial charge on any atom is -0.487 e. The molecule has 0 aliphatic carbocycles. The third kappa shape index (κ3) is 5.11. The molecule has 9 heteroatoms. The molecule has 0 spiro atoms. The first kappa shape index (κ1) is 25.0. The second kappa shape index (κ2) is 10.4. The smallest absolute Gasteiger partial charge is 0.335 e. The van der Waals surface area contributed by atoms with Crippen LogP contribution in [0.2, 0.25) is 10.0 Å². The van der Waals surface area contributed by atoms with Crippen molar-refractivity contribution >= 4 is 79.5 Å². The van der Waals surface area contributed by atoms with Crippen molar-refractivity contribution in [1.29, 1.82) is 0 Å². The molecule has 4 amide bonds. The Bertz CT molecular complexity index is 1600. The Morgan fingerprint density at radius 3 is 2.43 bits per heavy atom. The maximum absolute atomic E-state index is 13.3. The van der Waals surface area contributed by atoms with Crippen LogP contribution in [0.1, 0.15) is 11.1 Å². The Morgan fingerprint density at radius 2 is 1.65 bits per heavy atom. The number of rotatable bonds is 5. The number of barbiturate groups is 1. The van der Waals surface area contributed by atoms with Gasteiger partial charge in [0.1, 0.15) is 17.9 Å².